The molecular weight excluding hydrogens is 312 g/mol. The number of carbonyl (C=O) groups excluding carboxylic acids is 1. The first-order valence-electron chi connectivity index (χ1n) is 7.00. The zero-order chi connectivity index (χ0) is 17.1. The van der Waals surface area contributed by atoms with Crippen molar-refractivity contribution < 1.29 is 14.2 Å². The number of rotatable bonds is 4. The van der Waals surface area contributed by atoms with Crippen LogP contribution >= 0.6 is 0 Å². The minimum Gasteiger partial charge on any atom is -0.360 e. The van der Waals surface area contributed by atoms with Crippen LogP contribution in [0, 0.1) is 17.0 Å². The maximum absolute atomic E-state index is 12.5. The first-order chi connectivity index (χ1) is 11.6. The van der Waals surface area contributed by atoms with E-state index in [2.05, 4.69) is 15.5 Å². The molecule has 1 amide bonds. The van der Waals surface area contributed by atoms with Crippen LogP contribution in [0.15, 0.2) is 53.2 Å². The van der Waals surface area contributed by atoms with Crippen molar-refractivity contribution in [3.8, 4) is 11.3 Å². The van der Waals surface area contributed by atoms with Gasteiger partial charge in [-0.25, -0.2) is 4.98 Å². The minimum absolute atomic E-state index is 0.154. The second-order valence-electron chi connectivity index (χ2n) is 4.94. The molecule has 0 fully saturated rings. The maximum atomic E-state index is 12.5. The first kappa shape index (κ1) is 15.3. The number of carbonyl (C=O) groups is 1. The van der Waals surface area contributed by atoms with Crippen LogP contribution in [0.3, 0.4) is 0 Å². The van der Waals surface area contributed by atoms with Gasteiger partial charge in [-0.15, -0.1) is 0 Å². The normalized spacial score (nSPS) is 10.4. The third kappa shape index (κ3) is 2.98. The molecule has 2 heterocycles. The van der Waals surface area contributed by atoms with E-state index in [9.17, 15) is 14.9 Å². The van der Waals surface area contributed by atoms with Crippen LogP contribution in [0.4, 0.5) is 11.5 Å². The van der Waals surface area contributed by atoms with Gasteiger partial charge in [-0.3, -0.25) is 14.9 Å². The van der Waals surface area contributed by atoms with Crippen molar-refractivity contribution in [1.29, 1.82) is 0 Å². The molecule has 1 aromatic carbocycles. The molecule has 0 bridgehead atoms. The molecule has 0 atom stereocenters. The molecule has 2 aromatic heterocycles. The smallest absolute Gasteiger partial charge is 0.287 e. The molecule has 0 spiro atoms. The summed E-state index contributed by atoms with van der Waals surface area (Å²) in [6, 6.07) is 11.8. The van der Waals surface area contributed by atoms with E-state index < -0.39 is 10.8 Å². The highest BCUT2D eigenvalue weighted by atomic mass is 16.6. The Bertz CT molecular complexity index is 888. The minimum atomic E-state index is -0.559. The largest absolute Gasteiger partial charge is 0.360 e. The highest BCUT2D eigenvalue weighted by Crippen LogP contribution is 2.25. The maximum Gasteiger partial charge on any atom is 0.287 e. The fraction of sp³-hybridized carbons (Fsp3) is 0.0625. The van der Waals surface area contributed by atoms with E-state index in [1.165, 1.54) is 12.1 Å². The standard InChI is InChI=1S/C16H12N4O4/c1-10-14(15(19-24-10)11-5-3-2-4-6-11)16(21)18-13-8-7-12(9-17-13)20(22)23/h2-9H,1H3,(H,17,18,21). The van der Waals surface area contributed by atoms with Crippen molar-refractivity contribution in [2.75, 3.05) is 5.32 Å². The van der Waals surface area contributed by atoms with Crippen molar-refractivity contribution >= 4 is 17.4 Å². The Morgan fingerprint density at radius 3 is 2.58 bits per heavy atom. The summed E-state index contributed by atoms with van der Waals surface area (Å²) in [7, 11) is 0. The van der Waals surface area contributed by atoms with Gasteiger partial charge in [0.25, 0.3) is 11.6 Å². The molecule has 120 valence electrons. The average Bonchev–Trinajstić information content (AvgIpc) is 2.98. The molecule has 8 nitrogen and oxygen atoms in total. The molecule has 0 aliphatic rings. The Morgan fingerprint density at radius 1 is 1.21 bits per heavy atom. The first-order valence-corrected chi connectivity index (χ1v) is 7.00. The molecule has 0 unspecified atom stereocenters. The van der Waals surface area contributed by atoms with E-state index in [0.717, 1.165) is 11.8 Å². The Labute approximate surface area is 136 Å². The summed E-state index contributed by atoms with van der Waals surface area (Å²) in [6.07, 6.45) is 1.08. The Hall–Kier alpha value is -3.55. The molecule has 3 aromatic rings. The second-order valence-corrected chi connectivity index (χ2v) is 4.94. The lowest BCUT2D eigenvalue weighted by atomic mass is 10.1. The summed E-state index contributed by atoms with van der Waals surface area (Å²) in [5.74, 6) is 0.118. The van der Waals surface area contributed by atoms with E-state index in [1.54, 1.807) is 6.92 Å². The predicted molar refractivity (Wildman–Crippen MR) is 85.5 cm³/mol. The SMILES string of the molecule is Cc1onc(-c2ccccc2)c1C(=O)Nc1ccc([N+](=O)[O-])cn1. The number of aryl methyl sites for hydroxylation is 1. The molecule has 0 radical (unpaired) electrons. The number of nitrogens with one attached hydrogen (secondary N) is 1. The molecule has 0 saturated heterocycles. The number of nitrogens with zero attached hydrogens (tertiary/aromatic N) is 3. The average molecular weight is 324 g/mol. The second kappa shape index (κ2) is 6.29. The number of anilines is 1. The molecule has 3 rings (SSSR count). The summed E-state index contributed by atoms with van der Waals surface area (Å²) in [5.41, 5.74) is 1.31. The number of amides is 1. The van der Waals surface area contributed by atoms with Gasteiger partial charge in [-0.2, -0.15) is 0 Å². The van der Waals surface area contributed by atoms with Gasteiger partial charge in [0, 0.05) is 11.6 Å². The van der Waals surface area contributed by atoms with Gasteiger partial charge in [-0.1, -0.05) is 35.5 Å². The van der Waals surface area contributed by atoms with Crippen molar-refractivity contribution in [1.82, 2.24) is 10.1 Å². The summed E-state index contributed by atoms with van der Waals surface area (Å²) < 4.78 is 5.14. The number of aromatic nitrogens is 2. The van der Waals surface area contributed by atoms with E-state index in [1.807, 2.05) is 30.3 Å². The van der Waals surface area contributed by atoms with Crippen LogP contribution in [-0.4, -0.2) is 21.0 Å². The van der Waals surface area contributed by atoms with Gasteiger partial charge in [-0.05, 0) is 13.0 Å². The summed E-state index contributed by atoms with van der Waals surface area (Å²) in [5, 5.41) is 17.2. The van der Waals surface area contributed by atoms with Gasteiger partial charge < -0.3 is 9.84 Å². The Balaban J connectivity index is 1.88. The van der Waals surface area contributed by atoms with E-state index >= 15 is 0 Å². The highest BCUT2D eigenvalue weighted by Gasteiger charge is 2.22. The van der Waals surface area contributed by atoms with Crippen LogP contribution in [-0.2, 0) is 0 Å². The number of pyridine rings is 1. The molecule has 8 heteroatoms. The highest BCUT2D eigenvalue weighted by molar-refractivity contribution is 6.08. The van der Waals surface area contributed by atoms with Crippen LogP contribution in [0.1, 0.15) is 16.1 Å². The van der Waals surface area contributed by atoms with Crippen molar-refractivity contribution in [2.24, 2.45) is 0 Å². The van der Waals surface area contributed by atoms with Gasteiger partial charge in [0.1, 0.15) is 29.0 Å². The molecule has 0 aliphatic heterocycles. The van der Waals surface area contributed by atoms with Gasteiger partial charge in [0.05, 0.1) is 4.92 Å². The van der Waals surface area contributed by atoms with Crippen LogP contribution < -0.4 is 5.32 Å². The third-order valence-corrected chi connectivity index (χ3v) is 3.34. The molecule has 0 saturated carbocycles. The van der Waals surface area contributed by atoms with Crippen molar-refractivity contribution in [3.63, 3.8) is 0 Å². The predicted octanol–water partition coefficient (Wildman–Crippen LogP) is 3.21. The summed E-state index contributed by atoms with van der Waals surface area (Å²) in [4.78, 5) is 26.4. The fourth-order valence-corrected chi connectivity index (χ4v) is 2.18. The monoisotopic (exact) mass is 324 g/mol. The molecule has 0 aliphatic carbocycles. The van der Waals surface area contributed by atoms with Crippen LogP contribution in [0.2, 0.25) is 0 Å². The molecule has 1 N–H and O–H groups in total. The van der Waals surface area contributed by atoms with Gasteiger partial charge in [0.2, 0.25) is 0 Å². The summed E-state index contributed by atoms with van der Waals surface area (Å²) >= 11 is 0. The number of hydrogen-bond donors (Lipinski definition) is 1. The van der Waals surface area contributed by atoms with Gasteiger partial charge >= 0.3 is 0 Å². The van der Waals surface area contributed by atoms with Crippen LogP contribution in [0.5, 0.6) is 0 Å². The van der Waals surface area contributed by atoms with Crippen molar-refractivity contribution in [3.05, 3.63) is 70.1 Å². The molecule has 24 heavy (non-hydrogen) atoms. The Kier molecular flexibility index (Phi) is 4.02. The van der Waals surface area contributed by atoms with E-state index in [0.29, 0.717) is 17.0 Å². The van der Waals surface area contributed by atoms with Crippen molar-refractivity contribution in [2.45, 2.75) is 6.92 Å². The number of hydrogen-bond acceptors (Lipinski definition) is 6. The zero-order valence-electron chi connectivity index (χ0n) is 12.6. The lowest BCUT2D eigenvalue weighted by Gasteiger charge is -2.05. The lowest BCUT2D eigenvalue weighted by molar-refractivity contribution is -0.385. The fourth-order valence-electron chi connectivity index (χ4n) is 2.18. The van der Waals surface area contributed by atoms with E-state index in [-0.39, 0.29) is 11.5 Å². The molecular formula is C16H12N4O4. The number of benzene rings is 1. The summed E-state index contributed by atoms with van der Waals surface area (Å²) in [6.45, 7) is 1.64. The Morgan fingerprint density at radius 2 is 1.96 bits per heavy atom. The topological polar surface area (TPSA) is 111 Å². The lowest BCUT2D eigenvalue weighted by Crippen LogP contribution is -2.14. The van der Waals surface area contributed by atoms with Crippen LogP contribution in [0.25, 0.3) is 11.3 Å². The van der Waals surface area contributed by atoms with Gasteiger partial charge in [0.15, 0.2) is 0 Å². The number of nitro groups is 1. The van der Waals surface area contributed by atoms with E-state index in [4.69, 9.17) is 4.52 Å². The zero-order valence-corrected chi connectivity index (χ0v) is 12.6. The quantitative estimate of drug-likeness (QED) is 0.582. The third-order valence-electron chi connectivity index (χ3n) is 3.34.